The maximum Gasteiger partial charge on any atom is 0.124 e. The van der Waals surface area contributed by atoms with E-state index in [1.54, 1.807) is 18.2 Å². The first-order valence-corrected chi connectivity index (χ1v) is 16.2. The van der Waals surface area contributed by atoms with Crippen LogP contribution in [0.25, 0.3) is 29.6 Å². The van der Waals surface area contributed by atoms with Crippen molar-refractivity contribution in [3.63, 3.8) is 0 Å². The lowest BCUT2D eigenvalue weighted by atomic mass is 9.93. The average Bonchev–Trinajstić information content (AvgIpc) is 3.62. The second-order valence-electron chi connectivity index (χ2n) is 12.1. The van der Waals surface area contributed by atoms with Crippen molar-refractivity contribution in [2.75, 3.05) is 20.1 Å². The van der Waals surface area contributed by atoms with Crippen LogP contribution in [0.4, 0.5) is 4.39 Å². The number of piperidine rings is 1. The van der Waals surface area contributed by atoms with Crippen molar-refractivity contribution in [2.45, 2.75) is 46.6 Å². The van der Waals surface area contributed by atoms with Crippen LogP contribution in [-0.4, -0.2) is 35.3 Å². The predicted octanol–water partition coefficient (Wildman–Crippen LogP) is 6.84. The number of benzene rings is 1. The fourth-order valence-electron chi connectivity index (χ4n) is 6.01. The van der Waals surface area contributed by atoms with Crippen LogP contribution < -0.4 is 26.5 Å². The highest BCUT2D eigenvalue weighted by molar-refractivity contribution is 5.84. The van der Waals surface area contributed by atoms with Crippen molar-refractivity contribution in [1.82, 2.24) is 31.1 Å². The number of aryl methyl sites for hydroxylation is 1. The molecule has 0 amide bonds. The summed E-state index contributed by atoms with van der Waals surface area (Å²) in [6.45, 7) is 25.4. The van der Waals surface area contributed by atoms with E-state index in [0.717, 1.165) is 92.0 Å². The summed E-state index contributed by atoms with van der Waals surface area (Å²) in [5, 5.41) is 19.3. The normalized spacial score (nSPS) is 15.6. The predicted molar refractivity (Wildman–Crippen MR) is 197 cm³/mol. The average molecular weight is 633 g/mol. The van der Waals surface area contributed by atoms with Crippen LogP contribution in [0.15, 0.2) is 103 Å². The molecule has 0 radical (unpaired) electrons. The molecule has 0 unspecified atom stereocenters. The van der Waals surface area contributed by atoms with Crippen LogP contribution in [0.2, 0.25) is 0 Å². The van der Waals surface area contributed by atoms with Gasteiger partial charge in [-0.15, -0.1) is 0 Å². The van der Waals surface area contributed by atoms with Crippen molar-refractivity contribution in [3.05, 3.63) is 142 Å². The summed E-state index contributed by atoms with van der Waals surface area (Å²) in [7, 11) is 1.85. The van der Waals surface area contributed by atoms with Crippen molar-refractivity contribution >= 4 is 18.2 Å². The van der Waals surface area contributed by atoms with Gasteiger partial charge in [0.05, 0.1) is 11.0 Å². The molecule has 1 fully saturated rings. The van der Waals surface area contributed by atoms with Gasteiger partial charge >= 0.3 is 0 Å². The SMILES string of the molecule is C=C/C=C(/c1cc(F)cc(CNC)c1)c1cc(-c2n[nH]/c(=C/C=C(C)/C(/C=C(\C=C)NC(=C)CC3CCNCC3)=C/C)c2=C)[nH]c1C. The largest absolute Gasteiger partial charge is 0.359 e. The second-order valence-corrected chi connectivity index (χ2v) is 12.1. The van der Waals surface area contributed by atoms with Crippen LogP contribution in [0.1, 0.15) is 55.5 Å². The molecule has 1 saturated heterocycles. The van der Waals surface area contributed by atoms with Gasteiger partial charge in [0.2, 0.25) is 0 Å². The lowest BCUT2D eigenvalue weighted by Crippen LogP contribution is -2.28. The molecule has 1 aliphatic heterocycles. The molecule has 2 aromatic heterocycles. The Morgan fingerprint density at radius 1 is 1.13 bits per heavy atom. The Labute approximate surface area is 279 Å². The molecule has 0 aliphatic carbocycles. The third kappa shape index (κ3) is 9.18. The molecule has 0 atom stereocenters. The maximum atomic E-state index is 14.6. The smallest absolute Gasteiger partial charge is 0.124 e. The number of hydrogen-bond acceptors (Lipinski definition) is 4. The highest BCUT2D eigenvalue weighted by Crippen LogP contribution is 2.30. The second kappa shape index (κ2) is 16.7. The first kappa shape index (κ1) is 35.1. The van der Waals surface area contributed by atoms with Crippen molar-refractivity contribution < 1.29 is 4.39 Å². The number of nitrogens with one attached hydrogen (secondary N) is 5. The van der Waals surface area contributed by atoms with Gasteiger partial charge in [-0.3, -0.25) is 5.10 Å². The number of aromatic nitrogens is 3. The van der Waals surface area contributed by atoms with Gasteiger partial charge < -0.3 is 20.9 Å². The number of nitrogens with zero attached hydrogens (tertiary/aromatic N) is 1. The fourth-order valence-corrected chi connectivity index (χ4v) is 6.01. The zero-order valence-electron chi connectivity index (χ0n) is 28.3. The van der Waals surface area contributed by atoms with E-state index in [1.165, 1.54) is 12.8 Å². The Morgan fingerprint density at radius 2 is 1.89 bits per heavy atom. The zero-order chi connectivity index (χ0) is 33.9. The van der Waals surface area contributed by atoms with Crippen LogP contribution in [0.5, 0.6) is 0 Å². The standard InChI is InChI=1S/C40H49FN6/c1-9-12-36(33-20-31(25-42-8)21-34(41)22-33)37-24-39(45-29(37)7)40-28(6)38(46-47-40)14-13-26(4)32(10-2)23-35(11-3)44-27(5)19-30-15-17-43-18-16-30/h9-14,20-24,30,42-46H,1,3,5-6,15-19,25H2,2,4,7-8H3/b26-13+,32-10+,35-23+,36-12-,38-14+. The summed E-state index contributed by atoms with van der Waals surface area (Å²) in [5.74, 6) is 0.381. The van der Waals surface area contributed by atoms with Gasteiger partial charge in [-0.05, 0) is 136 Å². The van der Waals surface area contributed by atoms with Gasteiger partial charge in [0.15, 0.2) is 0 Å². The van der Waals surface area contributed by atoms with Gasteiger partial charge in [-0.25, -0.2) is 4.39 Å². The van der Waals surface area contributed by atoms with Crippen molar-refractivity contribution in [2.24, 2.45) is 5.92 Å². The molecule has 7 heteroatoms. The third-order valence-electron chi connectivity index (χ3n) is 8.51. The van der Waals surface area contributed by atoms with E-state index in [0.29, 0.717) is 12.5 Å². The molecule has 1 aliphatic rings. The Morgan fingerprint density at radius 3 is 2.57 bits per heavy atom. The van der Waals surface area contributed by atoms with Gasteiger partial charge in [-0.1, -0.05) is 50.6 Å². The number of H-pyrrole nitrogens is 2. The Balaban J connectivity index is 1.57. The van der Waals surface area contributed by atoms with E-state index >= 15 is 0 Å². The minimum atomic E-state index is -0.279. The van der Waals surface area contributed by atoms with Crippen molar-refractivity contribution in [3.8, 4) is 11.4 Å². The summed E-state index contributed by atoms with van der Waals surface area (Å²) in [4.78, 5) is 3.46. The van der Waals surface area contributed by atoms with E-state index in [2.05, 4.69) is 82.6 Å². The van der Waals surface area contributed by atoms with Gasteiger partial charge in [0, 0.05) is 34.4 Å². The Kier molecular flexibility index (Phi) is 12.5. The number of hydrogen-bond donors (Lipinski definition) is 5. The molecule has 0 bridgehead atoms. The molecule has 3 aromatic rings. The first-order valence-electron chi connectivity index (χ1n) is 16.2. The van der Waals surface area contributed by atoms with E-state index < -0.39 is 0 Å². The zero-order valence-corrected chi connectivity index (χ0v) is 28.3. The third-order valence-corrected chi connectivity index (χ3v) is 8.51. The lowest BCUT2D eigenvalue weighted by Gasteiger charge is -2.24. The molecular formula is C40H49FN6. The first-order chi connectivity index (χ1) is 22.7. The van der Waals surface area contributed by atoms with Crippen LogP contribution in [0.3, 0.4) is 0 Å². The summed E-state index contributed by atoms with van der Waals surface area (Å²) < 4.78 is 14.6. The molecule has 4 rings (SSSR count). The van der Waals surface area contributed by atoms with Crippen LogP contribution in [-0.2, 0) is 6.54 Å². The fraction of sp³-hybridized carbons (Fsp3) is 0.275. The van der Waals surface area contributed by atoms with Gasteiger partial charge in [0.1, 0.15) is 11.5 Å². The minimum Gasteiger partial charge on any atom is -0.359 e. The molecule has 47 heavy (non-hydrogen) atoms. The topological polar surface area (TPSA) is 80.6 Å². The summed E-state index contributed by atoms with van der Waals surface area (Å²) >= 11 is 0. The van der Waals surface area contributed by atoms with E-state index in [9.17, 15) is 4.39 Å². The summed E-state index contributed by atoms with van der Waals surface area (Å²) in [6, 6.07) is 7.14. The summed E-state index contributed by atoms with van der Waals surface area (Å²) in [5.41, 5.74) is 10.0. The van der Waals surface area contributed by atoms with Crippen LogP contribution >= 0.6 is 0 Å². The molecule has 0 spiro atoms. The van der Waals surface area contributed by atoms with E-state index in [-0.39, 0.29) is 5.82 Å². The van der Waals surface area contributed by atoms with Gasteiger partial charge in [0.25, 0.3) is 0 Å². The monoisotopic (exact) mass is 632 g/mol. The molecular weight excluding hydrogens is 583 g/mol. The highest BCUT2D eigenvalue weighted by Gasteiger charge is 2.16. The molecule has 6 nitrogen and oxygen atoms in total. The molecule has 5 N–H and O–H groups in total. The van der Waals surface area contributed by atoms with Gasteiger partial charge in [-0.2, -0.15) is 5.10 Å². The van der Waals surface area contributed by atoms with Crippen molar-refractivity contribution in [1.29, 1.82) is 0 Å². The number of aromatic amines is 2. The Bertz CT molecular complexity index is 1840. The molecule has 3 heterocycles. The highest BCUT2D eigenvalue weighted by atomic mass is 19.1. The van der Waals surface area contributed by atoms with E-state index in [1.807, 2.05) is 51.3 Å². The van der Waals surface area contributed by atoms with E-state index in [4.69, 9.17) is 0 Å². The molecule has 1 aromatic carbocycles. The molecule has 0 saturated carbocycles. The minimum absolute atomic E-state index is 0.279. The quantitative estimate of drug-likeness (QED) is 0.126. The van der Waals surface area contributed by atoms with Crippen LogP contribution in [0, 0.1) is 18.7 Å². The maximum absolute atomic E-state index is 14.6. The molecule has 246 valence electrons. The number of rotatable bonds is 14. The lowest BCUT2D eigenvalue weighted by molar-refractivity contribution is 0.368. The number of allylic oxidation sites excluding steroid dienone is 9. The summed E-state index contributed by atoms with van der Waals surface area (Å²) in [6.07, 6.45) is 17.0. The Hall–Kier alpha value is -4.72. The number of halogens is 1.